The van der Waals surface area contributed by atoms with Gasteiger partial charge in [-0.25, -0.2) is 0 Å². The summed E-state index contributed by atoms with van der Waals surface area (Å²) in [5.41, 5.74) is 0. The molecule has 0 spiro atoms. The smallest absolute Gasteiger partial charge is 0.382 e. The Morgan fingerprint density at radius 2 is 1.04 bits per heavy atom. The van der Waals surface area contributed by atoms with Gasteiger partial charge in [-0.1, -0.05) is 31.8 Å². The Balaban J connectivity index is 4.39. The summed E-state index contributed by atoms with van der Waals surface area (Å²) in [6.07, 6.45) is 10.3. The van der Waals surface area contributed by atoms with Crippen LogP contribution in [-0.4, -0.2) is 69.8 Å². The van der Waals surface area contributed by atoms with Crippen molar-refractivity contribution in [2.75, 3.05) is 61.0 Å². The van der Waals surface area contributed by atoms with Crippen molar-refractivity contribution in [3.05, 3.63) is 12.7 Å². The number of hydrogen-bond donors (Lipinski definition) is 0. The van der Waals surface area contributed by atoms with Crippen molar-refractivity contribution in [1.29, 1.82) is 0 Å². The zero-order chi connectivity index (χ0) is 19.3. The molecule has 0 fully saturated rings. The van der Waals surface area contributed by atoms with Gasteiger partial charge in [0.05, 0.1) is 39.6 Å². The second kappa shape index (κ2) is 19.5. The third kappa shape index (κ3) is 14.8. The summed E-state index contributed by atoms with van der Waals surface area (Å²) >= 11 is 0. The predicted molar refractivity (Wildman–Crippen MR) is 107 cm³/mol. The number of methoxy groups -OCH3 is 3. The lowest BCUT2D eigenvalue weighted by atomic mass is 10.1. The molecule has 0 aromatic rings. The van der Waals surface area contributed by atoms with Crippen LogP contribution in [0.3, 0.4) is 0 Å². The first-order valence-corrected chi connectivity index (χ1v) is 11.7. The maximum Gasteiger partial charge on any atom is 0.501 e. The molecule has 0 rings (SSSR count). The first kappa shape index (κ1) is 25.7. The van der Waals surface area contributed by atoms with Crippen LogP contribution in [-0.2, 0) is 27.5 Å². The zero-order valence-corrected chi connectivity index (χ0v) is 18.1. The van der Waals surface area contributed by atoms with Gasteiger partial charge in [-0.05, 0) is 19.3 Å². The molecule has 0 N–H and O–H groups in total. The van der Waals surface area contributed by atoms with Crippen LogP contribution in [0, 0.1) is 0 Å². The van der Waals surface area contributed by atoms with Crippen LogP contribution in [0.25, 0.3) is 0 Å². The summed E-state index contributed by atoms with van der Waals surface area (Å²) in [6.45, 7) is 6.77. The average Bonchev–Trinajstić information content (AvgIpc) is 2.64. The van der Waals surface area contributed by atoms with Crippen LogP contribution < -0.4 is 0 Å². The number of hydrogen-bond acceptors (Lipinski definition) is 6. The van der Waals surface area contributed by atoms with Crippen molar-refractivity contribution in [2.24, 2.45) is 0 Å². The van der Waals surface area contributed by atoms with E-state index in [0.717, 1.165) is 25.3 Å². The largest absolute Gasteiger partial charge is 0.501 e. The van der Waals surface area contributed by atoms with Crippen molar-refractivity contribution in [2.45, 2.75) is 51.0 Å². The van der Waals surface area contributed by atoms with Gasteiger partial charge in [0.1, 0.15) is 0 Å². The second-order valence-corrected chi connectivity index (χ2v) is 8.89. The number of allylic oxidation sites excluding steroid dienone is 1. The Morgan fingerprint density at radius 1 is 0.615 bits per heavy atom. The topological polar surface area (TPSA) is 55.4 Å². The summed E-state index contributed by atoms with van der Waals surface area (Å²) in [7, 11) is 2.25. The summed E-state index contributed by atoms with van der Waals surface area (Å²) in [4.78, 5) is 0. The molecular weight excluding hydrogens is 352 g/mol. The highest BCUT2D eigenvalue weighted by atomic mass is 28.4. The van der Waals surface area contributed by atoms with Crippen LogP contribution in [0.5, 0.6) is 0 Å². The van der Waals surface area contributed by atoms with E-state index in [1.165, 1.54) is 25.7 Å². The van der Waals surface area contributed by atoms with E-state index in [0.29, 0.717) is 39.6 Å². The first-order valence-electron chi connectivity index (χ1n) is 9.74. The van der Waals surface area contributed by atoms with Crippen molar-refractivity contribution in [1.82, 2.24) is 0 Å². The number of rotatable bonds is 21. The van der Waals surface area contributed by atoms with E-state index < -0.39 is 8.80 Å². The van der Waals surface area contributed by atoms with Gasteiger partial charge in [0.2, 0.25) is 0 Å². The van der Waals surface area contributed by atoms with E-state index >= 15 is 0 Å². The van der Waals surface area contributed by atoms with Crippen LogP contribution in [0.4, 0.5) is 0 Å². The standard InChI is InChI=1S/C19H40O6Si/c1-5-6-7-8-9-10-11-12-19-26(23-16-13-20-2,24-17-14-21-3)25-18-15-22-4/h5H,1,6-19H2,2-4H3. The Kier molecular flexibility index (Phi) is 19.3. The molecule has 0 aliphatic carbocycles. The van der Waals surface area contributed by atoms with Gasteiger partial charge in [-0.3, -0.25) is 0 Å². The SMILES string of the molecule is C=CCCCCCCCC[Si](OCCOC)(OCCOC)OCCOC. The van der Waals surface area contributed by atoms with Crippen LogP contribution in [0.1, 0.15) is 44.9 Å². The third-order valence-corrected chi connectivity index (χ3v) is 6.87. The molecule has 26 heavy (non-hydrogen) atoms. The van der Waals surface area contributed by atoms with Gasteiger partial charge in [0.25, 0.3) is 0 Å². The van der Waals surface area contributed by atoms with Crippen LogP contribution in [0.2, 0.25) is 6.04 Å². The van der Waals surface area contributed by atoms with E-state index in [2.05, 4.69) is 6.58 Å². The van der Waals surface area contributed by atoms with Crippen LogP contribution >= 0.6 is 0 Å². The lowest BCUT2D eigenvalue weighted by molar-refractivity contribution is 0.0142. The number of unbranched alkanes of at least 4 members (excludes halogenated alkanes) is 6. The highest BCUT2D eigenvalue weighted by Crippen LogP contribution is 2.21. The fraction of sp³-hybridized carbons (Fsp3) is 0.895. The Hall–Kier alpha value is -0.283. The monoisotopic (exact) mass is 392 g/mol. The van der Waals surface area contributed by atoms with Gasteiger partial charge >= 0.3 is 8.80 Å². The molecule has 0 saturated heterocycles. The molecule has 0 amide bonds. The number of ether oxygens (including phenoxy) is 3. The minimum Gasteiger partial charge on any atom is -0.382 e. The molecule has 6 nitrogen and oxygen atoms in total. The quantitative estimate of drug-likeness (QED) is 0.168. The predicted octanol–water partition coefficient (Wildman–Crippen LogP) is 3.83. The summed E-state index contributed by atoms with van der Waals surface area (Å²) in [6, 6.07) is 0.816. The van der Waals surface area contributed by atoms with Crippen molar-refractivity contribution in [3.63, 3.8) is 0 Å². The highest BCUT2D eigenvalue weighted by molar-refractivity contribution is 6.60. The molecule has 0 aromatic heterocycles. The third-order valence-electron chi connectivity index (χ3n) is 3.97. The van der Waals surface area contributed by atoms with Gasteiger partial charge in [0, 0.05) is 27.4 Å². The van der Waals surface area contributed by atoms with E-state index in [9.17, 15) is 0 Å². The summed E-state index contributed by atoms with van der Waals surface area (Å²) in [5, 5.41) is 0. The lowest BCUT2D eigenvalue weighted by Gasteiger charge is -2.29. The highest BCUT2D eigenvalue weighted by Gasteiger charge is 2.40. The minimum absolute atomic E-state index is 0.476. The Morgan fingerprint density at radius 3 is 1.46 bits per heavy atom. The molecule has 0 aliphatic heterocycles. The second-order valence-electron chi connectivity index (χ2n) is 6.16. The van der Waals surface area contributed by atoms with E-state index in [4.69, 9.17) is 27.5 Å². The Labute approximate surface area is 161 Å². The van der Waals surface area contributed by atoms with E-state index in [-0.39, 0.29) is 0 Å². The van der Waals surface area contributed by atoms with Gasteiger partial charge in [-0.15, -0.1) is 6.58 Å². The molecule has 7 heteroatoms. The molecular formula is C19H40O6Si. The Bertz CT molecular complexity index is 277. The molecule has 156 valence electrons. The van der Waals surface area contributed by atoms with Crippen LogP contribution in [0.15, 0.2) is 12.7 Å². The fourth-order valence-corrected chi connectivity index (χ4v) is 5.07. The maximum absolute atomic E-state index is 6.07. The first-order chi connectivity index (χ1) is 12.7. The molecule has 0 heterocycles. The average molecular weight is 393 g/mol. The molecule has 0 aromatic carbocycles. The van der Waals surface area contributed by atoms with E-state index in [1.807, 2.05) is 6.08 Å². The maximum atomic E-state index is 6.07. The molecule has 0 atom stereocenters. The van der Waals surface area contributed by atoms with Gasteiger partial charge in [0.15, 0.2) is 0 Å². The molecule has 0 unspecified atom stereocenters. The van der Waals surface area contributed by atoms with Gasteiger partial charge in [-0.2, -0.15) is 0 Å². The van der Waals surface area contributed by atoms with Gasteiger partial charge < -0.3 is 27.5 Å². The zero-order valence-electron chi connectivity index (χ0n) is 17.1. The van der Waals surface area contributed by atoms with Crippen molar-refractivity contribution < 1.29 is 27.5 Å². The molecule has 0 bridgehead atoms. The molecule has 0 radical (unpaired) electrons. The van der Waals surface area contributed by atoms with Crippen molar-refractivity contribution in [3.8, 4) is 0 Å². The summed E-state index contributed by atoms with van der Waals surface area (Å²) < 4.78 is 33.5. The molecule has 0 saturated carbocycles. The summed E-state index contributed by atoms with van der Waals surface area (Å²) in [5.74, 6) is 0. The minimum atomic E-state index is -2.74. The normalized spacial score (nSPS) is 11.8. The van der Waals surface area contributed by atoms with Crippen molar-refractivity contribution >= 4 is 8.80 Å². The lowest BCUT2D eigenvalue weighted by Crippen LogP contribution is -2.48. The molecule has 0 aliphatic rings. The van der Waals surface area contributed by atoms with E-state index in [1.54, 1.807) is 21.3 Å². The fourth-order valence-electron chi connectivity index (χ4n) is 2.52.